The molecule has 12 rings (SSSR count). The predicted molar refractivity (Wildman–Crippen MR) is 518 cm³/mol. The van der Waals surface area contributed by atoms with Gasteiger partial charge in [0.25, 0.3) is 0 Å². The zero-order chi connectivity index (χ0) is 90.6. The van der Waals surface area contributed by atoms with Crippen molar-refractivity contribution in [2.45, 2.75) is 176 Å². The van der Waals surface area contributed by atoms with Gasteiger partial charge in [-0.3, -0.25) is 33.6 Å². The van der Waals surface area contributed by atoms with Crippen LogP contribution in [-0.2, 0) is 96.1 Å². The molecule has 0 aliphatic rings. The van der Waals surface area contributed by atoms with Crippen LogP contribution in [0.2, 0.25) is 0 Å². The highest BCUT2D eigenvalue weighted by atomic mass is 79.9. The molecule has 0 amide bonds. The minimum absolute atomic E-state index is 0.0401. The van der Waals surface area contributed by atoms with Gasteiger partial charge < -0.3 is 43.0 Å². The van der Waals surface area contributed by atoms with Gasteiger partial charge in [-0.1, -0.05) is 209 Å². The molecule has 0 heterocycles. The third-order valence-electron chi connectivity index (χ3n) is 18.1. The van der Waals surface area contributed by atoms with Crippen molar-refractivity contribution in [2.24, 2.45) is 0 Å². The summed E-state index contributed by atoms with van der Waals surface area (Å²) in [4.78, 5) is 95.9. The zero-order valence-electron chi connectivity index (χ0n) is 71.3. The molecule has 4 atom stereocenters. The Morgan fingerprint density at radius 1 is 0.283 bits per heavy atom. The van der Waals surface area contributed by atoms with Gasteiger partial charge in [0.1, 0.15) is 61.1 Å². The first-order valence-electron chi connectivity index (χ1n) is 41.5. The molecular weight excluding hydrogens is 1940 g/mol. The van der Waals surface area contributed by atoms with Gasteiger partial charge in [0.05, 0.1) is 63.4 Å². The average molecular weight is 2050 g/mol. The fourth-order valence-electron chi connectivity index (χ4n) is 11.8. The summed E-state index contributed by atoms with van der Waals surface area (Å²) in [6.45, 7) is 9.32. The maximum Gasteiger partial charge on any atom is 0.322 e. The molecule has 0 fully saturated rings. The molecule has 660 valence electrons. The van der Waals surface area contributed by atoms with E-state index in [1.54, 1.807) is 34.6 Å². The number of unbranched alkanes of at least 4 members (excludes halogenated alkanes) is 3. The second kappa shape index (κ2) is 55.0. The molecule has 12 aromatic rings. The highest BCUT2D eigenvalue weighted by Gasteiger charge is 2.34. The van der Waals surface area contributed by atoms with Crippen LogP contribution in [0.4, 0.5) is 0 Å². The lowest BCUT2D eigenvalue weighted by molar-refractivity contribution is -0.149. The van der Waals surface area contributed by atoms with Crippen molar-refractivity contribution < 1.29 is 76.6 Å². The molecule has 0 aliphatic carbocycles. The van der Waals surface area contributed by atoms with Gasteiger partial charge in [0, 0.05) is 19.3 Å². The molecule has 0 saturated heterocycles. The smallest absolute Gasteiger partial charge is 0.322 e. The second-order valence-corrected chi connectivity index (χ2v) is 43.0. The van der Waals surface area contributed by atoms with E-state index >= 15 is 0 Å². The van der Waals surface area contributed by atoms with E-state index in [2.05, 4.69) is 246 Å². The topological polar surface area (TPSA) is 214 Å². The van der Waals surface area contributed by atoms with Gasteiger partial charge in [-0.25, -0.2) is 0 Å². The van der Waals surface area contributed by atoms with Crippen LogP contribution >= 0.6 is 63.7 Å². The van der Waals surface area contributed by atoms with E-state index in [4.69, 9.17) is 37.9 Å². The lowest BCUT2D eigenvalue weighted by atomic mass is 10.2. The van der Waals surface area contributed by atoms with Crippen molar-refractivity contribution >= 4 is 149 Å². The maximum absolute atomic E-state index is 12.2. The van der Waals surface area contributed by atoms with Gasteiger partial charge >= 0.3 is 41.8 Å². The Labute approximate surface area is 790 Å². The van der Waals surface area contributed by atoms with Crippen LogP contribution in [0, 0.1) is 0 Å². The van der Waals surface area contributed by atoms with Crippen LogP contribution in [0.15, 0.2) is 398 Å². The molecule has 12 aromatic carbocycles. The van der Waals surface area contributed by atoms with Crippen LogP contribution in [0.25, 0.3) is 0 Å². The number of esters is 7. The molecule has 1 N–H and O–H groups in total. The predicted octanol–water partition coefficient (Wildman–Crippen LogP) is 23.8. The summed E-state index contributed by atoms with van der Waals surface area (Å²) in [5.74, 6) is 0.0300. The summed E-state index contributed by atoms with van der Waals surface area (Å²) < 4.78 is 41.6. The molecule has 0 aliphatic heterocycles. The Morgan fingerprint density at radius 3 is 0.740 bits per heavy atom. The van der Waals surface area contributed by atoms with Crippen LogP contribution in [0.3, 0.4) is 0 Å². The molecule has 127 heavy (non-hydrogen) atoms. The summed E-state index contributed by atoms with van der Waals surface area (Å²) in [6, 6.07) is 114. The number of carbonyl (C=O) groups is 7. The van der Waals surface area contributed by atoms with Crippen molar-refractivity contribution in [3.05, 3.63) is 340 Å². The number of aliphatic hydroxyl groups excluding tert-OH is 1. The van der Waals surface area contributed by atoms with Crippen molar-refractivity contribution in [2.75, 3.05) is 33.0 Å². The van der Waals surface area contributed by atoms with Gasteiger partial charge in [-0.05, 0) is 267 Å². The summed E-state index contributed by atoms with van der Waals surface area (Å²) in [5.41, 5.74) is 0. The number of hydrogen-bond acceptors (Lipinski definition) is 16. The number of benzene rings is 12. The van der Waals surface area contributed by atoms with E-state index in [0.717, 1.165) is 22.6 Å². The van der Waals surface area contributed by atoms with E-state index in [1.165, 1.54) is 49.0 Å². The lowest BCUT2D eigenvalue weighted by Crippen LogP contribution is -2.32. The molecule has 0 radical (unpaired) electrons. The number of alkyl halides is 4. The molecule has 4 unspecified atom stereocenters. The quantitative estimate of drug-likeness (QED) is 0.00947. The molecule has 24 heteroatoms. The Bertz CT molecular complexity index is 5100. The average Bonchev–Trinajstić information content (AvgIpc) is 0.827. The zero-order valence-corrected chi connectivity index (χ0v) is 80.9. The lowest BCUT2D eigenvalue weighted by Gasteiger charge is -2.17. The number of rotatable bonds is 39. The SMILES string of the molecule is CC(Br)C(=O)OCCCC(=O)Oc1ccc([S+](c2ccccc2)c2ccccc2)cc1.CC(Br)C(=O)OCCCCC(=O)Oc1ccc([S+](c2ccccc2)c2ccccc2)cc1.CC(Br)C(=O)OCCCCCC(=O)Oc1ccc([S+](c2ccccc2)c2ccccc2)cc1.CC(C)(Br)C(=O)OCC(O)COc1ccc([S+](c2ccccc2)c2ccccc2)cc1. The number of carbonyl (C=O) groups excluding carboxylic acids is 7. The Morgan fingerprint density at radius 2 is 0.496 bits per heavy atom. The number of ether oxygens (including phenoxy) is 8. The Kier molecular flexibility index (Phi) is 43.7. The maximum atomic E-state index is 12.2. The Balaban J connectivity index is 0.000000191. The number of aliphatic hydroxyl groups is 1. The van der Waals surface area contributed by atoms with Crippen LogP contribution in [0.5, 0.6) is 23.0 Å². The van der Waals surface area contributed by atoms with Crippen LogP contribution < -0.4 is 18.9 Å². The molecule has 0 aromatic heterocycles. The summed E-state index contributed by atoms with van der Waals surface area (Å²) in [5, 5.41) is 10.0. The number of halogens is 4. The summed E-state index contributed by atoms with van der Waals surface area (Å²) >= 11 is 12.7. The third-order valence-corrected chi connectivity index (χ3v) is 28.5. The van der Waals surface area contributed by atoms with E-state index < -0.39 is 16.4 Å². The normalized spacial score (nSPS) is 11.9. The van der Waals surface area contributed by atoms with Crippen molar-refractivity contribution in [1.82, 2.24) is 0 Å². The molecule has 0 saturated carbocycles. The molecule has 0 bridgehead atoms. The minimum atomic E-state index is -0.901. The third kappa shape index (κ3) is 35.5. The van der Waals surface area contributed by atoms with E-state index in [1.807, 2.05) is 158 Å². The first-order chi connectivity index (χ1) is 61.5. The first kappa shape index (κ1) is 101. The standard InChI is InChI=1S/C27H28BrO4S.C26H26BrO4S.C25H26BrO4S.C25H24BrO4S/c1-21(28)27(30)31-20-10-4-9-15-26(29)32-22-16-18-25(19-17-22)33(23-11-5-2-6-12-23)24-13-7-3-8-14-24;1-20(27)26(29)30-19-9-8-14-25(28)31-21-15-17-24(18-16-21)32(22-10-4-2-5-11-22)23-12-6-3-7-13-23;1-25(2,26)24(28)30-18-19(27)17-29-20-13-15-23(16-14-20)31(21-9-5-3-6-10-21)22-11-7-4-8-12-22;1-19(26)25(28)29-18-8-13-24(27)30-20-14-16-23(17-15-20)31(21-9-4-2-5-10-21)22-11-6-3-7-12-22/h2-3,5-8,11-14,16-19,21H,4,9-10,15,20H2,1H3;2-7,10-13,15-18,20H,8-9,14,19H2,1H3;3-16,19,27H,17-18H2,1-2H3;2-7,9-12,14-17,19H,8,13,18H2,1H3/q4*+1. The van der Waals surface area contributed by atoms with E-state index in [0.29, 0.717) is 68.3 Å². The molecule has 16 nitrogen and oxygen atoms in total. The molecular formula is C103H104Br4O16S4+4. The fraction of sp³-hybridized carbons (Fsp3) is 0.233. The van der Waals surface area contributed by atoms with Gasteiger partial charge in [-0.2, -0.15) is 0 Å². The van der Waals surface area contributed by atoms with Crippen LogP contribution in [0.1, 0.15) is 92.4 Å². The Hall–Kier alpha value is -9.99. The monoisotopic (exact) mass is 2040 g/mol. The van der Waals surface area contributed by atoms with Crippen molar-refractivity contribution in [3.63, 3.8) is 0 Å². The largest absolute Gasteiger partial charge is 0.491 e. The minimum Gasteiger partial charge on any atom is -0.491 e. The van der Waals surface area contributed by atoms with Crippen molar-refractivity contribution in [3.8, 4) is 23.0 Å². The van der Waals surface area contributed by atoms with E-state index in [9.17, 15) is 38.7 Å². The van der Waals surface area contributed by atoms with Gasteiger partial charge in [-0.15, -0.1) is 0 Å². The molecule has 0 spiro atoms. The van der Waals surface area contributed by atoms with Crippen LogP contribution in [-0.4, -0.2) is 105 Å². The highest BCUT2D eigenvalue weighted by molar-refractivity contribution is 9.10. The summed E-state index contributed by atoms with van der Waals surface area (Å²) in [7, 11) is -0.927. The number of hydrogen-bond donors (Lipinski definition) is 1. The van der Waals surface area contributed by atoms with E-state index in [-0.39, 0.29) is 127 Å². The highest BCUT2D eigenvalue weighted by Crippen LogP contribution is 2.37. The second-order valence-electron chi connectivity index (χ2n) is 28.8. The van der Waals surface area contributed by atoms with Crippen molar-refractivity contribution in [1.29, 1.82) is 0 Å². The van der Waals surface area contributed by atoms with Gasteiger partial charge in [0.2, 0.25) is 0 Å². The fourth-order valence-corrected chi connectivity index (χ4v) is 20.7. The first-order valence-corrected chi connectivity index (χ1v) is 49.9. The summed E-state index contributed by atoms with van der Waals surface area (Å²) in [6.07, 6.45) is 3.78. The van der Waals surface area contributed by atoms with Gasteiger partial charge in [0.15, 0.2) is 58.7 Å².